The molecule has 0 aliphatic heterocycles. The average Bonchev–Trinajstić information content (AvgIpc) is 2.81. The van der Waals surface area contributed by atoms with Crippen molar-refractivity contribution < 1.29 is 0 Å². The fourth-order valence-corrected chi connectivity index (χ4v) is 2.51. The second-order valence-electron chi connectivity index (χ2n) is 5.02. The molecule has 20 heavy (non-hydrogen) atoms. The first kappa shape index (κ1) is 13.1. The van der Waals surface area contributed by atoms with Crippen LogP contribution >= 0.6 is 11.6 Å². The molecule has 0 amide bonds. The molecule has 0 N–H and O–H groups in total. The molecule has 0 spiro atoms. The van der Waals surface area contributed by atoms with E-state index in [-0.39, 0.29) is 5.38 Å². The second kappa shape index (κ2) is 5.25. The molecule has 0 saturated carbocycles. The van der Waals surface area contributed by atoms with E-state index in [1.807, 2.05) is 13.0 Å². The molecular formula is C16H16ClN3. The highest BCUT2D eigenvalue weighted by molar-refractivity contribution is 6.20. The third kappa shape index (κ3) is 2.41. The van der Waals surface area contributed by atoms with Crippen molar-refractivity contribution in [2.24, 2.45) is 0 Å². The Hall–Kier alpha value is -1.87. The Bertz CT molecular complexity index is 729. The molecule has 0 aliphatic rings. The van der Waals surface area contributed by atoms with Gasteiger partial charge in [0, 0.05) is 12.7 Å². The minimum Gasteiger partial charge on any atom is -0.322 e. The first-order valence-electron chi connectivity index (χ1n) is 6.65. The quantitative estimate of drug-likeness (QED) is 0.679. The lowest BCUT2D eigenvalue weighted by Crippen LogP contribution is -2.05. The molecule has 3 nitrogen and oxygen atoms in total. The summed E-state index contributed by atoms with van der Waals surface area (Å²) in [7, 11) is 0. The van der Waals surface area contributed by atoms with Gasteiger partial charge < -0.3 is 4.57 Å². The summed E-state index contributed by atoms with van der Waals surface area (Å²) < 4.78 is 2.17. The molecule has 0 saturated heterocycles. The van der Waals surface area contributed by atoms with Gasteiger partial charge in [-0.1, -0.05) is 29.8 Å². The summed E-state index contributed by atoms with van der Waals surface area (Å²) in [5.74, 6) is 0.884. The number of imidazole rings is 1. The van der Waals surface area contributed by atoms with Crippen molar-refractivity contribution >= 4 is 22.6 Å². The highest BCUT2D eigenvalue weighted by Gasteiger charge is 2.14. The number of rotatable bonds is 3. The van der Waals surface area contributed by atoms with Gasteiger partial charge in [-0.3, -0.25) is 4.98 Å². The molecule has 0 fully saturated rings. The highest BCUT2D eigenvalue weighted by atomic mass is 35.5. The molecule has 1 atom stereocenters. The molecule has 4 heteroatoms. The largest absolute Gasteiger partial charge is 0.322 e. The molecular weight excluding hydrogens is 270 g/mol. The molecule has 2 heterocycles. The van der Waals surface area contributed by atoms with Gasteiger partial charge in [0.15, 0.2) is 0 Å². The lowest BCUT2D eigenvalue weighted by atomic mass is 10.1. The molecule has 1 aromatic carbocycles. The number of halogens is 1. The number of aromatic nitrogens is 3. The van der Waals surface area contributed by atoms with E-state index < -0.39 is 0 Å². The maximum Gasteiger partial charge on any atom is 0.128 e. The van der Waals surface area contributed by atoms with Crippen LogP contribution in [0.1, 0.15) is 29.3 Å². The predicted molar refractivity (Wildman–Crippen MR) is 82.1 cm³/mol. The fourth-order valence-electron chi connectivity index (χ4n) is 2.35. The minimum atomic E-state index is -0.132. The number of hydrogen-bond donors (Lipinski definition) is 0. The summed E-state index contributed by atoms with van der Waals surface area (Å²) in [5, 5.41) is -0.132. The Morgan fingerprint density at radius 2 is 1.95 bits per heavy atom. The van der Waals surface area contributed by atoms with Crippen molar-refractivity contribution in [3.8, 4) is 0 Å². The van der Waals surface area contributed by atoms with Crippen molar-refractivity contribution in [2.45, 2.75) is 25.8 Å². The Kier molecular flexibility index (Phi) is 3.45. The van der Waals surface area contributed by atoms with Gasteiger partial charge in [0.1, 0.15) is 11.3 Å². The summed E-state index contributed by atoms with van der Waals surface area (Å²) in [6.45, 7) is 4.81. The predicted octanol–water partition coefficient (Wildman–Crippen LogP) is 4.09. The zero-order chi connectivity index (χ0) is 14.1. The fraction of sp³-hybridized carbons (Fsp3) is 0.250. The van der Waals surface area contributed by atoms with Crippen LogP contribution in [-0.2, 0) is 6.54 Å². The van der Waals surface area contributed by atoms with E-state index >= 15 is 0 Å². The van der Waals surface area contributed by atoms with Gasteiger partial charge in [-0.15, -0.1) is 11.6 Å². The van der Waals surface area contributed by atoms with E-state index in [1.54, 1.807) is 12.4 Å². The van der Waals surface area contributed by atoms with Gasteiger partial charge in [-0.05, 0) is 25.5 Å². The van der Waals surface area contributed by atoms with E-state index in [0.29, 0.717) is 0 Å². The number of hydrogen-bond acceptors (Lipinski definition) is 2. The zero-order valence-corrected chi connectivity index (χ0v) is 12.3. The molecule has 2 aromatic heterocycles. The van der Waals surface area contributed by atoms with Crippen molar-refractivity contribution in [3.63, 3.8) is 0 Å². The average molecular weight is 286 g/mol. The molecule has 1 unspecified atom stereocenters. The van der Waals surface area contributed by atoms with E-state index in [2.05, 4.69) is 45.7 Å². The van der Waals surface area contributed by atoms with Crippen molar-refractivity contribution in [2.75, 3.05) is 0 Å². The second-order valence-corrected chi connectivity index (χ2v) is 5.68. The Labute approximate surface area is 123 Å². The number of aryl methyl sites for hydroxylation is 1. The van der Waals surface area contributed by atoms with E-state index in [4.69, 9.17) is 11.6 Å². The Balaban J connectivity index is 2.09. The van der Waals surface area contributed by atoms with Crippen LogP contribution in [0.15, 0.2) is 42.7 Å². The van der Waals surface area contributed by atoms with Gasteiger partial charge in [0.05, 0.1) is 17.1 Å². The van der Waals surface area contributed by atoms with Crippen LogP contribution < -0.4 is 0 Å². The van der Waals surface area contributed by atoms with E-state index in [1.165, 1.54) is 11.1 Å². The summed E-state index contributed by atoms with van der Waals surface area (Å²) in [6, 6.07) is 10.5. The molecule has 0 radical (unpaired) electrons. The number of fused-ring (bicyclic) bond motifs is 1. The SMILES string of the molecule is Cc1ccc(Cn2c(C(C)Cl)nc3cnccc32)cc1. The number of pyridine rings is 1. The molecule has 102 valence electrons. The van der Waals surface area contributed by atoms with Gasteiger partial charge in [-0.2, -0.15) is 0 Å². The van der Waals surface area contributed by atoms with Crippen molar-refractivity contribution in [1.82, 2.24) is 14.5 Å². The monoisotopic (exact) mass is 285 g/mol. The third-order valence-corrected chi connectivity index (χ3v) is 3.59. The van der Waals surface area contributed by atoms with Crippen molar-refractivity contribution in [3.05, 3.63) is 59.7 Å². The van der Waals surface area contributed by atoms with Crippen LogP contribution in [-0.4, -0.2) is 14.5 Å². The topological polar surface area (TPSA) is 30.7 Å². The smallest absolute Gasteiger partial charge is 0.128 e. The third-order valence-electron chi connectivity index (χ3n) is 3.40. The van der Waals surface area contributed by atoms with Gasteiger partial charge in [-0.25, -0.2) is 4.98 Å². The first-order chi connectivity index (χ1) is 9.65. The van der Waals surface area contributed by atoms with Gasteiger partial charge in [0.25, 0.3) is 0 Å². The van der Waals surface area contributed by atoms with Gasteiger partial charge >= 0.3 is 0 Å². The van der Waals surface area contributed by atoms with E-state index in [0.717, 1.165) is 23.4 Å². The molecule has 3 rings (SSSR count). The van der Waals surface area contributed by atoms with Crippen LogP contribution in [0, 0.1) is 6.92 Å². The maximum absolute atomic E-state index is 6.27. The lowest BCUT2D eigenvalue weighted by Gasteiger charge is -2.10. The van der Waals surface area contributed by atoms with Crippen LogP contribution in [0.2, 0.25) is 0 Å². The molecule has 0 aliphatic carbocycles. The number of benzene rings is 1. The minimum absolute atomic E-state index is 0.132. The van der Waals surface area contributed by atoms with Crippen molar-refractivity contribution in [1.29, 1.82) is 0 Å². The number of nitrogens with zero attached hydrogens (tertiary/aromatic N) is 3. The first-order valence-corrected chi connectivity index (χ1v) is 7.08. The van der Waals surface area contributed by atoms with Gasteiger partial charge in [0.2, 0.25) is 0 Å². The molecule has 0 bridgehead atoms. The molecule has 3 aromatic rings. The Morgan fingerprint density at radius 1 is 1.20 bits per heavy atom. The summed E-state index contributed by atoms with van der Waals surface area (Å²) in [5.41, 5.74) is 4.47. The van der Waals surface area contributed by atoms with Crippen LogP contribution in [0.4, 0.5) is 0 Å². The lowest BCUT2D eigenvalue weighted by molar-refractivity contribution is 0.742. The highest BCUT2D eigenvalue weighted by Crippen LogP contribution is 2.25. The summed E-state index contributed by atoms with van der Waals surface area (Å²) in [4.78, 5) is 8.72. The Morgan fingerprint density at radius 3 is 2.65 bits per heavy atom. The number of alkyl halides is 1. The zero-order valence-electron chi connectivity index (χ0n) is 11.5. The standard InChI is InChI=1S/C16H16ClN3/c1-11-3-5-13(6-4-11)10-20-15-7-8-18-9-14(15)19-16(20)12(2)17/h3-9,12H,10H2,1-2H3. The summed E-state index contributed by atoms with van der Waals surface area (Å²) >= 11 is 6.27. The van der Waals surface area contributed by atoms with Crippen LogP contribution in [0.5, 0.6) is 0 Å². The normalized spacial score (nSPS) is 12.8. The summed E-state index contributed by atoms with van der Waals surface area (Å²) in [6.07, 6.45) is 3.57. The maximum atomic E-state index is 6.27. The van der Waals surface area contributed by atoms with E-state index in [9.17, 15) is 0 Å². The van der Waals surface area contributed by atoms with Crippen LogP contribution in [0.3, 0.4) is 0 Å². The van der Waals surface area contributed by atoms with Crippen LogP contribution in [0.25, 0.3) is 11.0 Å².